The molecule has 1 aromatic rings. The average Bonchev–Trinajstić information content (AvgIpc) is 2.47. The van der Waals surface area contributed by atoms with Gasteiger partial charge in [-0.25, -0.2) is 8.78 Å². The van der Waals surface area contributed by atoms with Crippen LogP contribution in [0.2, 0.25) is 0 Å². The van der Waals surface area contributed by atoms with E-state index in [1.54, 1.807) is 12.1 Å². The van der Waals surface area contributed by atoms with Crippen molar-refractivity contribution in [3.8, 4) is 5.75 Å². The van der Waals surface area contributed by atoms with Crippen molar-refractivity contribution in [1.82, 2.24) is 0 Å². The highest BCUT2D eigenvalue weighted by Gasteiger charge is 2.35. The zero-order valence-corrected chi connectivity index (χ0v) is 12.7. The fourth-order valence-corrected chi connectivity index (χ4v) is 2.56. The third-order valence-corrected chi connectivity index (χ3v) is 3.94. The van der Waals surface area contributed by atoms with Crippen LogP contribution >= 0.6 is 0 Å². The topological polar surface area (TPSA) is 38.3 Å². The van der Waals surface area contributed by atoms with Gasteiger partial charge in [0, 0.05) is 18.5 Å². The van der Waals surface area contributed by atoms with Crippen molar-refractivity contribution < 1.29 is 18.3 Å². The van der Waals surface area contributed by atoms with Crippen LogP contribution in [0.25, 0.3) is 0 Å². The van der Waals surface area contributed by atoms with Crippen LogP contribution in [0.5, 0.6) is 5.75 Å². The van der Waals surface area contributed by atoms with Gasteiger partial charge in [-0.05, 0) is 55.5 Å². The normalized spacial score (nSPS) is 17.8. The molecule has 1 aromatic carbocycles. The van der Waals surface area contributed by atoms with E-state index < -0.39 is 5.92 Å². The molecule has 3 nitrogen and oxygen atoms in total. The summed E-state index contributed by atoms with van der Waals surface area (Å²) in [6.45, 7) is 5.73. The van der Waals surface area contributed by atoms with E-state index >= 15 is 0 Å². The lowest BCUT2D eigenvalue weighted by atomic mass is 9.87. The van der Waals surface area contributed by atoms with Crippen LogP contribution in [0, 0.1) is 12.8 Å². The van der Waals surface area contributed by atoms with E-state index in [9.17, 15) is 13.6 Å². The van der Waals surface area contributed by atoms with Gasteiger partial charge in [-0.3, -0.25) is 4.79 Å². The number of carbonyl (C=O) groups excluding carboxylic acids is 1. The van der Waals surface area contributed by atoms with Crippen LogP contribution in [-0.2, 0) is 4.79 Å². The van der Waals surface area contributed by atoms with E-state index in [4.69, 9.17) is 4.74 Å². The predicted octanol–water partition coefficient (Wildman–Crippen LogP) is 4.32. The highest BCUT2D eigenvalue weighted by Crippen LogP contribution is 2.36. The first-order chi connectivity index (χ1) is 10.4. The van der Waals surface area contributed by atoms with E-state index in [0.717, 1.165) is 5.56 Å². The Morgan fingerprint density at radius 3 is 2.73 bits per heavy atom. The summed E-state index contributed by atoms with van der Waals surface area (Å²) in [5.41, 5.74) is 1.56. The largest absolute Gasteiger partial charge is 0.493 e. The van der Waals surface area contributed by atoms with Crippen LogP contribution in [0.15, 0.2) is 30.9 Å². The summed E-state index contributed by atoms with van der Waals surface area (Å²) >= 11 is 0. The minimum absolute atomic E-state index is 0.0491. The van der Waals surface area contributed by atoms with Crippen LogP contribution in [0.4, 0.5) is 14.5 Å². The summed E-state index contributed by atoms with van der Waals surface area (Å²) in [5, 5.41) is 2.68. The number of halogens is 2. The second-order valence-electron chi connectivity index (χ2n) is 5.78. The lowest BCUT2D eigenvalue weighted by molar-refractivity contribution is -0.111. The molecule has 1 fully saturated rings. The number of hydrogen-bond acceptors (Lipinski definition) is 2. The van der Waals surface area contributed by atoms with E-state index in [1.165, 1.54) is 6.08 Å². The number of carbonyl (C=O) groups is 1. The van der Waals surface area contributed by atoms with Gasteiger partial charge in [0.25, 0.3) is 0 Å². The fraction of sp³-hybridized carbons (Fsp3) is 0.471. The Kier molecular flexibility index (Phi) is 5.16. The van der Waals surface area contributed by atoms with E-state index in [0.29, 0.717) is 30.9 Å². The van der Waals surface area contributed by atoms with Crippen molar-refractivity contribution in [3.63, 3.8) is 0 Å². The minimum Gasteiger partial charge on any atom is -0.493 e. The van der Waals surface area contributed by atoms with E-state index in [1.807, 2.05) is 13.0 Å². The highest BCUT2D eigenvalue weighted by molar-refractivity contribution is 5.98. The molecule has 1 aliphatic rings. The molecule has 5 heteroatoms. The first-order valence-electron chi connectivity index (χ1n) is 7.44. The Morgan fingerprint density at radius 1 is 1.45 bits per heavy atom. The van der Waals surface area contributed by atoms with Crippen LogP contribution < -0.4 is 10.1 Å². The van der Waals surface area contributed by atoms with Crippen molar-refractivity contribution in [2.45, 2.75) is 38.5 Å². The standard InChI is InChI=1S/C17H21F2NO2/c1-3-16(21)20-14-4-5-15(12(2)10-14)22-11-13-6-8-17(18,19)9-7-13/h3-5,10,13H,1,6-9,11H2,2H3,(H,20,21). The Hall–Kier alpha value is -1.91. The van der Waals surface area contributed by atoms with Gasteiger partial charge >= 0.3 is 0 Å². The first-order valence-corrected chi connectivity index (χ1v) is 7.44. The Morgan fingerprint density at radius 2 is 2.14 bits per heavy atom. The predicted molar refractivity (Wildman–Crippen MR) is 82.4 cm³/mol. The summed E-state index contributed by atoms with van der Waals surface area (Å²) in [6.07, 6.45) is 2.11. The number of alkyl halides is 2. The summed E-state index contributed by atoms with van der Waals surface area (Å²) in [4.78, 5) is 11.2. The third-order valence-electron chi connectivity index (χ3n) is 3.94. The van der Waals surface area contributed by atoms with Gasteiger partial charge in [-0.15, -0.1) is 0 Å². The Bertz CT molecular complexity index is 548. The quantitative estimate of drug-likeness (QED) is 0.822. The molecule has 0 atom stereocenters. The first kappa shape index (κ1) is 16.5. The maximum absolute atomic E-state index is 13.1. The van der Waals surface area contributed by atoms with Crippen molar-refractivity contribution in [3.05, 3.63) is 36.4 Å². The fourth-order valence-electron chi connectivity index (χ4n) is 2.56. The Balaban J connectivity index is 1.88. The molecule has 0 heterocycles. The van der Waals surface area contributed by atoms with Gasteiger partial charge in [0.2, 0.25) is 11.8 Å². The number of benzene rings is 1. The summed E-state index contributed by atoms with van der Waals surface area (Å²) in [5.74, 6) is -1.87. The van der Waals surface area contributed by atoms with Crippen LogP contribution in [0.3, 0.4) is 0 Å². The van der Waals surface area contributed by atoms with Gasteiger partial charge in [0.15, 0.2) is 0 Å². The molecule has 0 radical (unpaired) electrons. The lowest BCUT2D eigenvalue weighted by Crippen LogP contribution is -2.27. The number of rotatable bonds is 5. The zero-order valence-electron chi connectivity index (χ0n) is 12.7. The summed E-state index contributed by atoms with van der Waals surface area (Å²) in [7, 11) is 0. The molecule has 2 rings (SSSR count). The lowest BCUT2D eigenvalue weighted by Gasteiger charge is -2.28. The number of nitrogens with one attached hydrogen (secondary N) is 1. The van der Waals surface area contributed by atoms with Crippen molar-refractivity contribution in [2.24, 2.45) is 5.92 Å². The SMILES string of the molecule is C=CC(=O)Nc1ccc(OCC2CCC(F)(F)CC2)c(C)c1. The number of anilines is 1. The van der Waals surface area contributed by atoms with Gasteiger partial charge < -0.3 is 10.1 Å². The average molecular weight is 309 g/mol. The molecule has 22 heavy (non-hydrogen) atoms. The van der Waals surface area contributed by atoms with Crippen LogP contribution in [0.1, 0.15) is 31.2 Å². The maximum atomic E-state index is 13.1. The molecule has 0 spiro atoms. The van der Waals surface area contributed by atoms with Crippen LogP contribution in [-0.4, -0.2) is 18.4 Å². The molecule has 1 aliphatic carbocycles. The molecular weight excluding hydrogens is 288 g/mol. The highest BCUT2D eigenvalue weighted by atomic mass is 19.3. The molecular formula is C17H21F2NO2. The maximum Gasteiger partial charge on any atom is 0.248 e. The molecule has 120 valence electrons. The minimum atomic E-state index is -2.50. The second kappa shape index (κ2) is 6.90. The molecule has 0 bridgehead atoms. The zero-order chi connectivity index (χ0) is 16.2. The molecule has 0 saturated heterocycles. The number of ether oxygens (including phenoxy) is 1. The number of aryl methyl sites for hydroxylation is 1. The van der Waals surface area contributed by atoms with E-state index in [2.05, 4.69) is 11.9 Å². The van der Waals surface area contributed by atoms with Gasteiger partial charge in [-0.2, -0.15) is 0 Å². The molecule has 1 N–H and O–H groups in total. The summed E-state index contributed by atoms with van der Waals surface area (Å²) in [6, 6.07) is 5.34. The van der Waals surface area contributed by atoms with Gasteiger partial charge in [0.1, 0.15) is 5.75 Å². The smallest absolute Gasteiger partial charge is 0.248 e. The number of amides is 1. The van der Waals surface area contributed by atoms with Crippen molar-refractivity contribution in [1.29, 1.82) is 0 Å². The van der Waals surface area contributed by atoms with Gasteiger partial charge in [-0.1, -0.05) is 6.58 Å². The monoisotopic (exact) mass is 309 g/mol. The Labute approximate surface area is 129 Å². The molecule has 0 unspecified atom stereocenters. The second-order valence-corrected chi connectivity index (χ2v) is 5.78. The molecule has 1 amide bonds. The van der Waals surface area contributed by atoms with Crippen molar-refractivity contribution >= 4 is 11.6 Å². The molecule has 1 saturated carbocycles. The summed E-state index contributed by atoms with van der Waals surface area (Å²) < 4.78 is 32.0. The molecule has 0 aliphatic heterocycles. The van der Waals surface area contributed by atoms with E-state index in [-0.39, 0.29) is 24.7 Å². The van der Waals surface area contributed by atoms with Gasteiger partial charge in [0.05, 0.1) is 6.61 Å². The van der Waals surface area contributed by atoms with Crippen molar-refractivity contribution in [2.75, 3.05) is 11.9 Å². The molecule has 0 aromatic heterocycles. The number of hydrogen-bond donors (Lipinski definition) is 1. The third kappa shape index (κ3) is 4.55.